The molecule has 4 rings (SSSR count). The first-order valence-electron chi connectivity index (χ1n) is 10.9. The zero-order chi connectivity index (χ0) is 22.3. The van der Waals surface area contributed by atoms with Crippen LogP contribution in [-0.2, 0) is 17.8 Å². The van der Waals surface area contributed by atoms with Gasteiger partial charge in [0.2, 0.25) is 17.6 Å². The van der Waals surface area contributed by atoms with Gasteiger partial charge in [0.05, 0.1) is 12.5 Å². The van der Waals surface area contributed by atoms with Gasteiger partial charge in [-0.25, -0.2) is 0 Å². The number of benzene rings is 2. The summed E-state index contributed by atoms with van der Waals surface area (Å²) in [5, 5.41) is 8.53. The molecule has 1 unspecified atom stereocenters. The van der Waals surface area contributed by atoms with Gasteiger partial charge in [0.15, 0.2) is 0 Å². The quantitative estimate of drug-likeness (QED) is 0.466. The number of likely N-dealkylation sites (tertiary alicyclic amines) is 1. The summed E-state index contributed by atoms with van der Waals surface area (Å²) in [6.07, 6.45) is 3.69. The first-order valence-corrected chi connectivity index (χ1v) is 11.7. The highest BCUT2D eigenvalue weighted by atomic mass is 35.5. The number of aryl methyl sites for hydroxylation is 1. The third kappa shape index (κ3) is 6.31. The van der Waals surface area contributed by atoms with Gasteiger partial charge in [-0.05, 0) is 62.1 Å². The van der Waals surface area contributed by atoms with E-state index in [9.17, 15) is 4.79 Å². The number of hydrogen-bond acceptors (Lipinski definition) is 5. The molecule has 0 saturated carbocycles. The third-order valence-corrected chi connectivity index (χ3v) is 6.13. The average Bonchev–Trinajstić information content (AvgIpc) is 3.26. The normalized spacial score (nSPS) is 16.8. The number of nitrogens with one attached hydrogen (secondary N) is 1. The van der Waals surface area contributed by atoms with Crippen molar-refractivity contribution in [2.45, 2.75) is 32.2 Å². The molecule has 1 atom stereocenters. The molecule has 1 saturated heterocycles. The van der Waals surface area contributed by atoms with E-state index in [-0.39, 0.29) is 11.8 Å². The first-order chi connectivity index (χ1) is 15.6. The molecule has 0 spiro atoms. The summed E-state index contributed by atoms with van der Waals surface area (Å²) < 4.78 is 5.43. The Morgan fingerprint density at radius 3 is 2.81 bits per heavy atom. The molecule has 1 amide bonds. The van der Waals surface area contributed by atoms with E-state index in [0.29, 0.717) is 36.4 Å². The third-order valence-electron chi connectivity index (χ3n) is 5.64. The van der Waals surface area contributed by atoms with Gasteiger partial charge < -0.3 is 9.84 Å². The Kier molecular flexibility index (Phi) is 7.79. The van der Waals surface area contributed by atoms with Crippen LogP contribution in [0.25, 0.3) is 11.4 Å². The van der Waals surface area contributed by atoms with Crippen LogP contribution >= 0.6 is 23.2 Å². The predicted octanol–water partition coefficient (Wildman–Crippen LogP) is 5.00. The molecule has 2 aromatic carbocycles. The first kappa shape index (κ1) is 22.8. The maximum Gasteiger partial charge on any atom is 0.241 e. The molecule has 1 aromatic heterocycles. The van der Waals surface area contributed by atoms with Crippen molar-refractivity contribution in [3.63, 3.8) is 0 Å². The van der Waals surface area contributed by atoms with Crippen molar-refractivity contribution in [2.24, 2.45) is 5.92 Å². The molecule has 1 N–H and O–H groups in total. The van der Waals surface area contributed by atoms with Crippen LogP contribution in [0.2, 0.25) is 10.0 Å². The summed E-state index contributed by atoms with van der Waals surface area (Å²) in [7, 11) is 0. The molecule has 0 bridgehead atoms. The second kappa shape index (κ2) is 10.9. The van der Waals surface area contributed by atoms with E-state index in [1.165, 1.54) is 5.56 Å². The van der Waals surface area contributed by atoms with Gasteiger partial charge in [-0.3, -0.25) is 9.69 Å². The number of nitrogens with zero attached hydrogens (tertiary/aromatic N) is 3. The number of piperidine rings is 1. The van der Waals surface area contributed by atoms with Gasteiger partial charge in [-0.1, -0.05) is 52.6 Å². The van der Waals surface area contributed by atoms with Crippen LogP contribution < -0.4 is 5.32 Å². The molecule has 3 aromatic rings. The highest BCUT2D eigenvalue weighted by Crippen LogP contribution is 2.22. The molecule has 6 nitrogen and oxygen atoms in total. The van der Waals surface area contributed by atoms with Crippen molar-refractivity contribution < 1.29 is 9.32 Å². The minimum absolute atomic E-state index is 0.0189. The molecule has 0 aliphatic carbocycles. The van der Waals surface area contributed by atoms with Gasteiger partial charge >= 0.3 is 0 Å². The zero-order valence-corrected chi connectivity index (χ0v) is 19.3. The Hall–Kier alpha value is -2.41. The van der Waals surface area contributed by atoms with E-state index in [1.54, 1.807) is 0 Å². The highest BCUT2D eigenvalue weighted by Gasteiger charge is 2.26. The monoisotopic (exact) mass is 472 g/mol. The lowest BCUT2D eigenvalue weighted by molar-refractivity contribution is -0.126. The van der Waals surface area contributed by atoms with E-state index in [0.717, 1.165) is 42.8 Å². The summed E-state index contributed by atoms with van der Waals surface area (Å²) in [5.74, 6) is 1.17. The van der Waals surface area contributed by atoms with E-state index >= 15 is 0 Å². The highest BCUT2D eigenvalue weighted by molar-refractivity contribution is 6.31. The number of aromatic nitrogens is 2. The molecule has 32 heavy (non-hydrogen) atoms. The van der Waals surface area contributed by atoms with Gasteiger partial charge in [-0.15, -0.1) is 0 Å². The summed E-state index contributed by atoms with van der Waals surface area (Å²) >= 11 is 12.0. The van der Waals surface area contributed by atoms with Gasteiger partial charge in [0.25, 0.3) is 0 Å². The van der Waals surface area contributed by atoms with Gasteiger partial charge in [0, 0.05) is 28.7 Å². The Morgan fingerprint density at radius 2 is 2.00 bits per heavy atom. The number of hydrogen-bond donors (Lipinski definition) is 1. The molecular formula is C24H26Cl2N4O2. The number of carbonyl (C=O) groups excluding carboxylic acids is 1. The SMILES string of the molecule is O=C(NCCCc1ccc(Cl)cc1)C1CCCN(Cc2nc(-c3cccc(Cl)c3)no2)C1. The number of amides is 1. The Morgan fingerprint density at radius 1 is 1.16 bits per heavy atom. The number of rotatable bonds is 8. The summed E-state index contributed by atoms with van der Waals surface area (Å²) in [5.41, 5.74) is 2.05. The van der Waals surface area contributed by atoms with Crippen molar-refractivity contribution in [1.82, 2.24) is 20.4 Å². The number of carbonyl (C=O) groups is 1. The van der Waals surface area contributed by atoms with Crippen LogP contribution in [0.1, 0.15) is 30.7 Å². The Labute approximate surface area is 197 Å². The Balaban J connectivity index is 1.23. The fourth-order valence-corrected chi connectivity index (χ4v) is 4.28. The van der Waals surface area contributed by atoms with Crippen LogP contribution in [0.5, 0.6) is 0 Å². The van der Waals surface area contributed by atoms with Gasteiger partial charge in [0.1, 0.15) is 0 Å². The van der Waals surface area contributed by atoms with Crippen LogP contribution in [-0.4, -0.2) is 40.6 Å². The maximum absolute atomic E-state index is 12.7. The zero-order valence-electron chi connectivity index (χ0n) is 17.8. The smallest absolute Gasteiger partial charge is 0.241 e. The van der Waals surface area contributed by atoms with Crippen LogP contribution in [0, 0.1) is 5.92 Å². The van der Waals surface area contributed by atoms with E-state index in [4.69, 9.17) is 27.7 Å². The largest absolute Gasteiger partial charge is 0.356 e. The lowest BCUT2D eigenvalue weighted by atomic mass is 9.97. The van der Waals surface area contributed by atoms with Crippen molar-refractivity contribution >= 4 is 29.1 Å². The standard InChI is InChI=1S/C24H26Cl2N4O2/c25-20-10-8-17(9-11-20)4-2-12-27-24(31)19-6-3-13-30(15-19)16-22-28-23(29-32-22)18-5-1-7-21(26)14-18/h1,5,7-11,14,19H,2-4,6,12-13,15-16H2,(H,27,31). The van der Waals surface area contributed by atoms with E-state index < -0.39 is 0 Å². The van der Waals surface area contributed by atoms with Crippen LogP contribution in [0.3, 0.4) is 0 Å². The van der Waals surface area contributed by atoms with Crippen LogP contribution in [0.4, 0.5) is 0 Å². The lowest BCUT2D eigenvalue weighted by Gasteiger charge is -2.30. The van der Waals surface area contributed by atoms with Gasteiger partial charge in [-0.2, -0.15) is 4.98 Å². The molecule has 8 heteroatoms. The minimum Gasteiger partial charge on any atom is -0.356 e. The summed E-state index contributed by atoms with van der Waals surface area (Å²) in [4.78, 5) is 19.4. The summed E-state index contributed by atoms with van der Waals surface area (Å²) in [6, 6.07) is 15.2. The molecule has 1 fully saturated rings. The molecule has 1 aliphatic heterocycles. The van der Waals surface area contributed by atoms with E-state index in [1.807, 2.05) is 48.5 Å². The fourth-order valence-electron chi connectivity index (χ4n) is 3.97. The molecule has 0 radical (unpaired) electrons. The topological polar surface area (TPSA) is 71.3 Å². The molecule has 168 valence electrons. The molecule has 2 heterocycles. The fraction of sp³-hybridized carbons (Fsp3) is 0.375. The lowest BCUT2D eigenvalue weighted by Crippen LogP contribution is -2.43. The molecule has 1 aliphatic rings. The van der Waals surface area contributed by atoms with E-state index in [2.05, 4.69) is 20.4 Å². The number of halogens is 2. The molecular weight excluding hydrogens is 447 g/mol. The predicted molar refractivity (Wildman–Crippen MR) is 126 cm³/mol. The van der Waals surface area contributed by atoms with Crippen LogP contribution in [0.15, 0.2) is 53.1 Å². The summed E-state index contributed by atoms with van der Waals surface area (Å²) in [6.45, 7) is 2.81. The second-order valence-corrected chi connectivity index (χ2v) is 8.99. The average molecular weight is 473 g/mol. The van der Waals surface area contributed by atoms with Crippen molar-refractivity contribution in [3.05, 3.63) is 70.0 Å². The maximum atomic E-state index is 12.7. The minimum atomic E-state index is -0.0189. The Bertz CT molecular complexity index is 1040. The second-order valence-electron chi connectivity index (χ2n) is 8.12. The van der Waals surface area contributed by atoms with Crippen molar-refractivity contribution in [3.8, 4) is 11.4 Å². The van der Waals surface area contributed by atoms with Crippen molar-refractivity contribution in [1.29, 1.82) is 0 Å². The van der Waals surface area contributed by atoms with Crippen molar-refractivity contribution in [2.75, 3.05) is 19.6 Å².